The van der Waals surface area contributed by atoms with Gasteiger partial charge in [0.2, 0.25) is 5.89 Å². The summed E-state index contributed by atoms with van der Waals surface area (Å²) in [4.78, 5) is 14.5. The average molecular weight is 358 g/mol. The van der Waals surface area contributed by atoms with Crippen molar-refractivity contribution in [1.82, 2.24) is 10.2 Å². The number of rotatable bonds is 5. The van der Waals surface area contributed by atoms with Crippen LogP contribution in [0.2, 0.25) is 0 Å². The quantitative estimate of drug-likeness (QED) is 0.474. The minimum absolute atomic E-state index is 0.0907. The molecule has 3 aromatic rings. The van der Waals surface area contributed by atoms with Crippen molar-refractivity contribution in [3.63, 3.8) is 0 Å². The van der Waals surface area contributed by atoms with Gasteiger partial charge in [0.1, 0.15) is 0 Å². The second kappa shape index (κ2) is 6.91. The van der Waals surface area contributed by atoms with Crippen molar-refractivity contribution >= 4 is 28.9 Å². The topological polar surface area (TPSA) is 56.0 Å². The Balaban J connectivity index is 1.70. The summed E-state index contributed by atoms with van der Waals surface area (Å²) < 4.78 is 5.69. The molecule has 3 rings (SSSR count). The Labute approximate surface area is 149 Å². The maximum absolute atomic E-state index is 12.3. The molecule has 0 bridgehead atoms. The standard InChI is InChI=1S/C18H18N2O2S2/c1-10-5-11(2)7-14(6-10)17-19-20-18(22-17)23-9-16(21)15-8-12(3)24-13(15)4/h5-8H,9H2,1-4H3. The van der Waals surface area contributed by atoms with Crippen molar-refractivity contribution in [3.05, 3.63) is 50.7 Å². The summed E-state index contributed by atoms with van der Waals surface area (Å²) in [5, 5.41) is 8.55. The number of thiophene rings is 1. The Morgan fingerprint density at radius 2 is 1.79 bits per heavy atom. The lowest BCUT2D eigenvalue weighted by molar-refractivity contribution is 0.102. The molecule has 0 aliphatic rings. The Bertz CT molecular complexity index is 876. The van der Waals surface area contributed by atoms with Crippen LogP contribution < -0.4 is 0 Å². The van der Waals surface area contributed by atoms with Gasteiger partial charge in [0, 0.05) is 20.9 Å². The number of Topliss-reactive ketones (excluding diaryl/α,β-unsaturated/α-hetero) is 1. The van der Waals surface area contributed by atoms with Gasteiger partial charge >= 0.3 is 0 Å². The first-order valence-electron chi connectivity index (χ1n) is 7.57. The molecule has 0 fully saturated rings. The number of benzene rings is 1. The Kier molecular flexibility index (Phi) is 4.87. The lowest BCUT2D eigenvalue weighted by atomic mass is 10.1. The Morgan fingerprint density at radius 1 is 1.08 bits per heavy atom. The first-order valence-corrected chi connectivity index (χ1v) is 9.38. The molecular formula is C18H18N2O2S2. The molecule has 24 heavy (non-hydrogen) atoms. The molecule has 0 N–H and O–H groups in total. The van der Waals surface area contributed by atoms with Crippen LogP contribution in [0.3, 0.4) is 0 Å². The van der Waals surface area contributed by atoms with E-state index in [-0.39, 0.29) is 5.78 Å². The molecule has 0 spiro atoms. The number of carbonyl (C=O) groups excluding carboxylic acids is 1. The van der Waals surface area contributed by atoms with E-state index < -0.39 is 0 Å². The molecule has 124 valence electrons. The number of nitrogens with zero attached hydrogens (tertiary/aromatic N) is 2. The predicted molar refractivity (Wildman–Crippen MR) is 98.1 cm³/mol. The van der Waals surface area contributed by atoms with Crippen LogP contribution in [0.15, 0.2) is 33.9 Å². The highest BCUT2D eigenvalue weighted by molar-refractivity contribution is 7.99. The van der Waals surface area contributed by atoms with Gasteiger partial charge in [-0.2, -0.15) is 0 Å². The highest BCUT2D eigenvalue weighted by atomic mass is 32.2. The van der Waals surface area contributed by atoms with Crippen molar-refractivity contribution in [1.29, 1.82) is 0 Å². The normalized spacial score (nSPS) is 11.0. The Morgan fingerprint density at radius 3 is 2.42 bits per heavy atom. The Hall–Kier alpha value is -1.92. The van der Waals surface area contributed by atoms with Crippen LogP contribution in [0.25, 0.3) is 11.5 Å². The second-order valence-corrected chi connectivity index (χ2v) is 8.18. The maximum atomic E-state index is 12.3. The maximum Gasteiger partial charge on any atom is 0.277 e. The highest BCUT2D eigenvalue weighted by Crippen LogP contribution is 2.27. The third-order valence-corrected chi connectivity index (χ3v) is 5.33. The molecule has 4 nitrogen and oxygen atoms in total. The fourth-order valence-electron chi connectivity index (χ4n) is 2.60. The fraction of sp³-hybridized carbons (Fsp3) is 0.278. The molecule has 2 heterocycles. The van der Waals surface area contributed by atoms with Crippen molar-refractivity contribution in [3.8, 4) is 11.5 Å². The van der Waals surface area contributed by atoms with Crippen molar-refractivity contribution in [2.24, 2.45) is 0 Å². The van der Waals surface area contributed by atoms with E-state index in [1.54, 1.807) is 11.3 Å². The lowest BCUT2D eigenvalue weighted by Gasteiger charge is -2.00. The van der Waals surface area contributed by atoms with Crippen LogP contribution >= 0.6 is 23.1 Å². The van der Waals surface area contributed by atoms with E-state index in [0.717, 1.165) is 32.0 Å². The van der Waals surface area contributed by atoms with Crippen molar-refractivity contribution < 1.29 is 9.21 Å². The van der Waals surface area contributed by atoms with E-state index in [1.165, 1.54) is 11.8 Å². The van der Waals surface area contributed by atoms with Gasteiger partial charge in [-0.05, 0) is 45.9 Å². The molecule has 0 amide bonds. The molecule has 0 radical (unpaired) electrons. The van der Waals surface area contributed by atoms with Crippen LogP contribution in [0, 0.1) is 27.7 Å². The minimum atomic E-state index is 0.0907. The van der Waals surface area contributed by atoms with Crippen LogP contribution in [0.5, 0.6) is 0 Å². The van der Waals surface area contributed by atoms with Crippen LogP contribution in [-0.2, 0) is 0 Å². The van der Waals surface area contributed by atoms with Gasteiger partial charge in [-0.25, -0.2) is 0 Å². The zero-order chi connectivity index (χ0) is 17.3. The van der Waals surface area contributed by atoms with Gasteiger partial charge in [0.05, 0.1) is 5.75 Å². The molecule has 0 unspecified atom stereocenters. The molecular weight excluding hydrogens is 340 g/mol. The first kappa shape index (κ1) is 16.9. The predicted octanol–water partition coefficient (Wildman–Crippen LogP) is 5.01. The summed E-state index contributed by atoms with van der Waals surface area (Å²) in [5.74, 6) is 0.873. The van der Waals surface area contributed by atoms with Gasteiger partial charge in [0.25, 0.3) is 5.22 Å². The van der Waals surface area contributed by atoms with E-state index in [4.69, 9.17) is 4.42 Å². The number of thioether (sulfide) groups is 1. The summed E-state index contributed by atoms with van der Waals surface area (Å²) in [6.45, 7) is 8.05. The average Bonchev–Trinajstić information content (AvgIpc) is 3.10. The summed E-state index contributed by atoms with van der Waals surface area (Å²) in [6.07, 6.45) is 0. The van der Waals surface area contributed by atoms with E-state index in [2.05, 4.69) is 16.3 Å². The third-order valence-electron chi connectivity index (χ3n) is 3.54. The van der Waals surface area contributed by atoms with Gasteiger partial charge in [-0.15, -0.1) is 21.5 Å². The zero-order valence-corrected chi connectivity index (χ0v) is 15.7. The van der Waals surface area contributed by atoms with Gasteiger partial charge < -0.3 is 4.42 Å². The number of aromatic nitrogens is 2. The number of carbonyl (C=O) groups is 1. The molecule has 0 saturated carbocycles. The van der Waals surface area contributed by atoms with Gasteiger partial charge in [-0.3, -0.25) is 4.79 Å². The van der Waals surface area contributed by atoms with E-state index in [0.29, 0.717) is 16.9 Å². The molecule has 1 aromatic carbocycles. The van der Waals surface area contributed by atoms with Gasteiger partial charge in [-0.1, -0.05) is 29.0 Å². The smallest absolute Gasteiger partial charge is 0.277 e. The van der Waals surface area contributed by atoms with E-state index in [9.17, 15) is 4.79 Å². The lowest BCUT2D eigenvalue weighted by Crippen LogP contribution is -2.02. The number of aryl methyl sites for hydroxylation is 4. The summed E-state index contributed by atoms with van der Waals surface area (Å²) in [6, 6.07) is 8.06. The molecule has 0 saturated heterocycles. The zero-order valence-electron chi connectivity index (χ0n) is 14.0. The SMILES string of the molecule is Cc1cc(C)cc(-c2nnc(SCC(=O)c3cc(C)sc3C)o2)c1. The fourth-order valence-corrected chi connectivity index (χ4v) is 4.18. The van der Waals surface area contributed by atoms with Crippen LogP contribution in [0.4, 0.5) is 0 Å². The number of ketones is 1. The van der Waals surface area contributed by atoms with Crippen molar-refractivity contribution in [2.45, 2.75) is 32.9 Å². The third kappa shape index (κ3) is 3.76. The second-order valence-electron chi connectivity index (χ2n) is 5.79. The number of hydrogen-bond donors (Lipinski definition) is 0. The molecule has 0 aliphatic carbocycles. The molecule has 0 atom stereocenters. The largest absolute Gasteiger partial charge is 0.411 e. The van der Waals surface area contributed by atoms with Crippen molar-refractivity contribution in [2.75, 3.05) is 5.75 Å². The molecule has 6 heteroatoms. The summed E-state index contributed by atoms with van der Waals surface area (Å²) in [7, 11) is 0. The first-order chi connectivity index (χ1) is 11.4. The highest BCUT2D eigenvalue weighted by Gasteiger charge is 2.15. The number of hydrogen-bond acceptors (Lipinski definition) is 6. The molecule has 0 aliphatic heterocycles. The van der Waals surface area contributed by atoms with Crippen LogP contribution in [0.1, 0.15) is 31.2 Å². The summed E-state index contributed by atoms with van der Waals surface area (Å²) >= 11 is 2.92. The van der Waals surface area contributed by atoms with E-state index >= 15 is 0 Å². The van der Waals surface area contributed by atoms with Crippen LogP contribution in [-0.4, -0.2) is 21.7 Å². The molecule has 2 aromatic heterocycles. The van der Waals surface area contributed by atoms with E-state index in [1.807, 2.05) is 45.9 Å². The summed E-state index contributed by atoms with van der Waals surface area (Å²) in [5.41, 5.74) is 3.99. The monoisotopic (exact) mass is 358 g/mol. The van der Waals surface area contributed by atoms with Gasteiger partial charge in [0.15, 0.2) is 5.78 Å². The minimum Gasteiger partial charge on any atom is -0.411 e.